The van der Waals surface area contributed by atoms with Crippen molar-refractivity contribution in [3.05, 3.63) is 75.8 Å². The van der Waals surface area contributed by atoms with E-state index in [0.29, 0.717) is 16.6 Å². The van der Waals surface area contributed by atoms with E-state index in [2.05, 4.69) is 40.4 Å². The highest BCUT2D eigenvalue weighted by atomic mass is 35.5. The Balaban J connectivity index is 1.45. The summed E-state index contributed by atoms with van der Waals surface area (Å²) in [7, 11) is 2.05. The maximum Gasteiger partial charge on any atom is 0.261 e. The van der Waals surface area contributed by atoms with Gasteiger partial charge in [-0.25, -0.2) is 4.98 Å². The third-order valence-corrected chi connectivity index (χ3v) is 6.32. The molecule has 4 aromatic rings. The van der Waals surface area contributed by atoms with Gasteiger partial charge in [0.1, 0.15) is 5.15 Å². The third kappa shape index (κ3) is 4.42. The topological polar surface area (TPSA) is 45.2 Å². The molecule has 0 unspecified atom stereocenters. The van der Waals surface area contributed by atoms with E-state index < -0.39 is 0 Å². The van der Waals surface area contributed by atoms with Crippen LogP contribution in [-0.4, -0.2) is 35.9 Å². The van der Waals surface area contributed by atoms with Crippen LogP contribution in [0.3, 0.4) is 0 Å². The molecule has 0 aliphatic heterocycles. The molecule has 4 nitrogen and oxygen atoms in total. The summed E-state index contributed by atoms with van der Waals surface area (Å²) in [4.78, 5) is 20.0. The number of rotatable bonds is 6. The quantitative estimate of drug-likeness (QED) is 0.429. The molecule has 0 radical (unpaired) electrons. The van der Waals surface area contributed by atoms with Crippen molar-refractivity contribution in [3.63, 3.8) is 0 Å². The average molecular weight is 424 g/mol. The largest absolute Gasteiger partial charge is 0.350 e. The fraction of sp³-hybridized carbons (Fsp3) is 0.217. The number of pyridine rings is 1. The van der Waals surface area contributed by atoms with Gasteiger partial charge < -0.3 is 10.2 Å². The summed E-state index contributed by atoms with van der Waals surface area (Å²) in [5.74, 6) is -0.0730. The molecule has 2 aromatic heterocycles. The summed E-state index contributed by atoms with van der Waals surface area (Å²) in [6, 6.07) is 18.2. The van der Waals surface area contributed by atoms with Gasteiger partial charge in [0.15, 0.2) is 0 Å². The molecule has 0 aliphatic carbocycles. The lowest BCUT2D eigenvalue weighted by molar-refractivity contribution is 0.0953. The van der Waals surface area contributed by atoms with E-state index in [-0.39, 0.29) is 5.91 Å². The molecule has 0 fully saturated rings. The third-order valence-electron chi connectivity index (χ3n) is 4.87. The number of aryl methyl sites for hydroxylation is 1. The number of hydrogen-bond acceptors (Lipinski definition) is 4. The lowest BCUT2D eigenvalue weighted by Gasteiger charge is -2.16. The van der Waals surface area contributed by atoms with E-state index in [0.717, 1.165) is 39.6 Å². The van der Waals surface area contributed by atoms with E-state index >= 15 is 0 Å². The van der Waals surface area contributed by atoms with Crippen LogP contribution in [-0.2, 0) is 6.54 Å². The average Bonchev–Trinajstić information content (AvgIpc) is 3.16. The van der Waals surface area contributed by atoms with Crippen molar-refractivity contribution in [2.75, 3.05) is 20.1 Å². The maximum absolute atomic E-state index is 12.7. The molecule has 2 aromatic carbocycles. The predicted molar refractivity (Wildman–Crippen MR) is 122 cm³/mol. The lowest BCUT2D eigenvalue weighted by Crippen LogP contribution is -2.32. The van der Waals surface area contributed by atoms with Gasteiger partial charge in [-0.15, -0.1) is 11.3 Å². The molecule has 1 N–H and O–H groups in total. The van der Waals surface area contributed by atoms with Crippen LogP contribution in [0.5, 0.6) is 0 Å². The number of carbonyl (C=O) groups is 1. The highest BCUT2D eigenvalue weighted by Gasteiger charge is 2.15. The second-order valence-electron chi connectivity index (χ2n) is 7.26. The van der Waals surface area contributed by atoms with Crippen LogP contribution >= 0.6 is 22.9 Å². The Morgan fingerprint density at radius 2 is 1.93 bits per heavy atom. The molecule has 4 rings (SSSR count). The molecule has 0 bridgehead atoms. The summed E-state index contributed by atoms with van der Waals surface area (Å²) >= 11 is 7.84. The van der Waals surface area contributed by atoms with Gasteiger partial charge in [0.25, 0.3) is 5.91 Å². The Morgan fingerprint density at radius 1 is 1.14 bits per heavy atom. The molecule has 1 amide bonds. The van der Waals surface area contributed by atoms with Crippen molar-refractivity contribution in [2.24, 2.45) is 0 Å². The summed E-state index contributed by atoms with van der Waals surface area (Å²) in [5, 5.41) is 5.33. The normalized spacial score (nSPS) is 11.4. The Labute approximate surface area is 179 Å². The minimum atomic E-state index is -0.0730. The van der Waals surface area contributed by atoms with Gasteiger partial charge in [-0.2, -0.15) is 0 Å². The zero-order chi connectivity index (χ0) is 20.4. The van der Waals surface area contributed by atoms with Crippen molar-refractivity contribution in [3.8, 4) is 0 Å². The van der Waals surface area contributed by atoms with Crippen LogP contribution in [0.4, 0.5) is 0 Å². The molecule has 0 spiro atoms. The van der Waals surface area contributed by atoms with Crippen LogP contribution < -0.4 is 5.32 Å². The number of likely N-dealkylation sites (N-methyl/N-ethyl adjacent to an activating group) is 1. The lowest BCUT2D eigenvalue weighted by atomic mass is 10.1. The minimum Gasteiger partial charge on any atom is -0.350 e. The summed E-state index contributed by atoms with van der Waals surface area (Å²) < 4.78 is 1.01. The van der Waals surface area contributed by atoms with Gasteiger partial charge in [-0.1, -0.05) is 53.6 Å². The number of halogens is 1. The highest BCUT2D eigenvalue weighted by molar-refractivity contribution is 7.21. The van der Waals surface area contributed by atoms with Crippen molar-refractivity contribution in [2.45, 2.75) is 13.5 Å². The second-order valence-corrected chi connectivity index (χ2v) is 8.67. The van der Waals surface area contributed by atoms with Crippen LogP contribution in [0.2, 0.25) is 5.15 Å². The number of nitrogens with zero attached hydrogens (tertiary/aromatic N) is 2. The van der Waals surface area contributed by atoms with Gasteiger partial charge in [0, 0.05) is 35.1 Å². The zero-order valence-electron chi connectivity index (χ0n) is 16.4. The van der Waals surface area contributed by atoms with Crippen molar-refractivity contribution in [1.29, 1.82) is 0 Å². The Bertz CT molecular complexity index is 1170. The van der Waals surface area contributed by atoms with Crippen LogP contribution in [0.15, 0.2) is 54.6 Å². The standard InChI is InChI=1S/C23H22ClN3OS/c1-15-8-9-19-17(12-15)21-18(22(24)26-19)13-20(29-21)23(28)25-10-11-27(2)14-16-6-4-3-5-7-16/h3-9,12-13H,10-11,14H2,1-2H3,(H,25,28). The monoisotopic (exact) mass is 423 g/mol. The smallest absolute Gasteiger partial charge is 0.261 e. The summed E-state index contributed by atoms with van der Waals surface area (Å²) in [6.45, 7) is 4.26. The molecular weight excluding hydrogens is 402 g/mol. The van der Waals surface area contributed by atoms with Crippen molar-refractivity contribution in [1.82, 2.24) is 15.2 Å². The Morgan fingerprint density at radius 3 is 2.72 bits per heavy atom. The van der Waals surface area contributed by atoms with Crippen molar-refractivity contribution >= 4 is 49.8 Å². The first-order valence-electron chi connectivity index (χ1n) is 9.51. The SMILES string of the molecule is Cc1ccc2nc(Cl)c3cc(C(=O)NCCN(C)Cc4ccccc4)sc3c2c1. The molecule has 0 atom stereocenters. The zero-order valence-corrected chi connectivity index (χ0v) is 18.0. The first-order valence-corrected chi connectivity index (χ1v) is 10.7. The van der Waals surface area contributed by atoms with Gasteiger partial charge in [-0.05, 0) is 37.7 Å². The summed E-state index contributed by atoms with van der Waals surface area (Å²) in [6.07, 6.45) is 0. The van der Waals surface area contributed by atoms with Crippen molar-refractivity contribution < 1.29 is 4.79 Å². The molecule has 0 saturated heterocycles. The molecule has 148 valence electrons. The Kier molecular flexibility index (Phi) is 5.81. The number of thiophene rings is 1. The highest BCUT2D eigenvalue weighted by Crippen LogP contribution is 2.36. The molecule has 29 heavy (non-hydrogen) atoms. The Hall–Kier alpha value is -2.47. The number of fused-ring (bicyclic) bond motifs is 3. The van der Waals surface area contributed by atoms with E-state index in [1.54, 1.807) is 0 Å². The number of amides is 1. The predicted octanol–water partition coefficient (Wildman–Crippen LogP) is 5.27. The number of aromatic nitrogens is 1. The fourth-order valence-electron chi connectivity index (χ4n) is 3.37. The fourth-order valence-corrected chi connectivity index (χ4v) is 4.77. The van der Waals surface area contributed by atoms with Crippen LogP contribution in [0.1, 0.15) is 20.8 Å². The maximum atomic E-state index is 12.7. The molecule has 2 heterocycles. The number of hydrogen-bond donors (Lipinski definition) is 1. The van der Waals surface area contributed by atoms with Gasteiger partial charge >= 0.3 is 0 Å². The minimum absolute atomic E-state index is 0.0730. The van der Waals surface area contributed by atoms with Crippen LogP contribution in [0, 0.1) is 6.92 Å². The first-order chi connectivity index (χ1) is 14.0. The molecule has 0 saturated carbocycles. The van der Waals surface area contributed by atoms with Gasteiger partial charge in [0.2, 0.25) is 0 Å². The van der Waals surface area contributed by atoms with E-state index in [1.807, 2.05) is 43.3 Å². The second kappa shape index (κ2) is 8.49. The van der Waals surface area contributed by atoms with E-state index in [9.17, 15) is 4.79 Å². The number of nitrogens with one attached hydrogen (secondary N) is 1. The van der Waals surface area contributed by atoms with Gasteiger partial charge in [-0.3, -0.25) is 4.79 Å². The molecule has 0 aliphatic rings. The number of carbonyl (C=O) groups excluding carboxylic acids is 1. The molecule has 6 heteroatoms. The molecular formula is C23H22ClN3OS. The van der Waals surface area contributed by atoms with E-state index in [4.69, 9.17) is 11.6 Å². The van der Waals surface area contributed by atoms with Crippen LogP contribution in [0.25, 0.3) is 21.0 Å². The van der Waals surface area contributed by atoms with Gasteiger partial charge in [0.05, 0.1) is 10.4 Å². The first kappa shape index (κ1) is 19.8. The number of benzene rings is 2. The van der Waals surface area contributed by atoms with E-state index in [1.165, 1.54) is 16.9 Å². The summed E-state index contributed by atoms with van der Waals surface area (Å²) in [5.41, 5.74) is 3.27.